The average Bonchev–Trinajstić information content (AvgIpc) is 2.08. The van der Waals surface area contributed by atoms with E-state index >= 15 is 0 Å². The predicted octanol–water partition coefficient (Wildman–Crippen LogP) is 3.27. The van der Waals surface area contributed by atoms with Crippen molar-refractivity contribution in [1.82, 2.24) is 0 Å². The Morgan fingerprint density at radius 2 is 1.62 bits per heavy atom. The molecule has 2 heteroatoms. The van der Waals surface area contributed by atoms with Gasteiger partial charge in [0.15, 0.2) is 0 Å². The predicted molar refractivity (Wildman–Crippen MR) is 55.8 cm³/mol. The molecule has 0 aliphatic rings. The van der Waals surface area contributed by atoms with Crippen LogP contribution < -0.4 is 4.74 Å². The maximum atomic E-state index is 10.4. The lowest BCUT2D eigenvalue weighted by molar-refractivity contribution is -0.131. The van der Waals surface area contributed by atoms with Crippen molar-refractivity contribution >= 4 is 5.97 Å². The van der Waals surface area contributed by atoms with Crippen molar-refractivity contribution in [1.29, 1.82) is 0 Å². The molecule has 0 bridgehead atoms. The Morgan fingerprint density at radius 1 is 1.15 bits per heavy atom. The van der Waals surface area contributed by atoms with E-state index in [1.54, 1.807) is 12.1 Å². The molecule has 0 N–H and O–H groups in total. The molecule has 74 valence electrons. The Labute approximate surface area is 80.5 Å². The van der Waals surface area contributed by atoms with Crippen molar-refractivity contribution in [3.05, 3.63) is 30.3 Å². The van der Waals surface area contributed by atoms with Crippen molar-refractivity contribution in [2.24, 2.45) is 0 Å². The number of carbonyl (C=O) groups is 1. The molecule has 1 aromatic carbocycles. The summed E-state index contributed by atoms with van der Waals surface area (Å²) in [5.74, 6) is 0.307. The van der Waals surface area contributed by atoms with Gasteiger partial charge in [-0.25, -0.2) is 0 Å². The topological polar surface area (TPSA) is 26.3 Å². The van der Waals surface area contributed by atoms with Gasteiger partial charge in [-0.1, -0.05) is 39.5 Å². The maximum absolute atomic E-state index is 10.4. The van der Waals surface area contributed by atoms with E-state index in [4.69, 9.17) is 4.74 Å². The number of esters is 1. The Hall–Kier alpha value is -1.31. The lowest BCUT2D eigenvalue weighted by Gasteiger charge is -1.97. The Kier molecular flexibility index (Phi) is 9.61. The highest BCUT2D eigenvalue weighted by Crippen LogP contribution is 2.07. The fourth-order valence-corrected chi connectivity index (χ4v) is 0.655. The number of para-hydroxylation sites is 1. The van der Waals surface area contributed by atoms with Gasteiger partial charge in [0.1, 0.15) is 5.75 Å². The van der Waals surface area contributed by atoms with Gasteiger partial charge < -0.3 is 4.74 Å². The zero-order valence-electron chi connectivity index (χ0n) is 7.70. The van der Waals surface area contributed by atoms with E-state index in [0.29, 0.717) is 5.75 Å². The van der Waals surface area contributed by atoms with E-state index in [-0.39, 0.29) is 13.4 Å². The van der Waals surface area contributed by atoms with Crippen molar-refractivity contribution < 1.29 is 9.53 Å². The number of hydrogen-bond acceptors (Lipinski definition) is 2. The van der Waals surface area contributed by atoms with Gasteiger partial charge in [0.2, 0.25) is 0 Å². The number of ether oxygens (including phenoxy) is 1. The molecular formula is C11H18O2. The minimum absolute atomic E-state index is 0. The molecule has 0 saturated carbocycles. The molecule has 0 atom stereocenters. The van der Waals surface area contributed by atoms with Crippen LogP contribution in [-0.4, -0.2) is 5.97 Å². The standard InChI is InChI=1S/C8H8O2.C2H6.CH4/c1-7(9)10-8-5-3-2-4-6-8;1-2;/h2-6H,1H3;1-2H3;1H4. The van der Waals surface area contributed by atoms with Gasteiger partial charge in [0.05, 0.1) is 0 Å². The molecule has 0 amide bonds. The maximum Gasteiger partial charge on any atom is 0.308 e. The quantitative estimate of drug-likeness (QED) is 0.492. The largest absolute Gasteiger partial charge is 0.427 e. The van der Waals surface area contributed by atoms with E-state index < -0.39 is 0 Å². The molecule has 0 aliphatic carbocycles. The molecule has 1 rings (SSSR count). The molecule has 0 heterocycles. The van der Waals surface area contributed by atoms with Crippen molar-refractivity contribution in [3.63, 3.8) is 0 Å². The van der Waals surface area contributed by atoms with Gasteiger partial charge in [0, 0.05) is 6.92 Å². The average molecular weight is 182 g/mol. The second-order valence-corrected chi connectivity index (χ2v) is 1.91. The van der Waals surface area contributed by atoms with Crippen LogP contribution in [0.1, 0.15) is 28.2 Å². The first kappa shape index (κ1) is 14.2. The molecular weight excluding hydrogens is 164 g/mol. The van der Waals surface area contributed by atoms with Crippen molar-refractivity contribution in [3.8, 4) is 5.75 Å². The third-order valence-corrected chi connectivity index (χ3v) is 1.00. The van der Waals surface area contributed by atoms with E-state index in [0.717, 1.165) is 0 Å². The zero-order chi connectivity index (χ0) is 9.40. The van der Waals surface area contributed by atoms with Gasteiger partial charge in [0.25, 0.3) is 0 Å². The number of hydrogen-bond donors (Lipinski definition) is 0. The first-order valence-corrected chi connectivity index (χ1v) is 4.02. The molecule has 0 saturated heterocycles. The van der Waals surface area contributed by atoms with E-state index in [2.05, 4.69) is 0 Å². The lowest BCUT2D eigenvalue weighted by atomic mass is 10.3. The zero-order valence-corrected chi connectivity index (χ0v) is 7.70. The van der Waals surface area contributed by atoms with Gasteiger partial charge >= 0.3 is 5.97 Å². The van der Waals surface area contributed by atoms with Crippen LogP contribution in [0.15, 0.2) is 30.3 Å². The summed E-state index contributed by atoms with van der Waals surface area (Å²) in [6.07, 6.45) is 0. The van der Waals surface area contributed by atoms with Crippen LogP contribution in [0.4, 0.5) is 0 Å². The highest BCUT2D eigenvalue weighted by molar-refractivity contribution is 5.69. The van der Waals surface area contributed by atoms with Crippen LogP contribution >= 0.6 is 0 Å². The fraction of sp³-hybridized carbons (Fsp3) is 0.364. The van der Waals surface area contributed by atoms with Crippen molar-refractivity contribution in [2.75, 3.05) is 0 Å². The number of benzene rings is 1. The van der Waals surface area contributed by atoms with E-state index in [1.165, 1.54) is 6.92 Å². The van der Waals surface area contributed by atoms with Crippen LogP contribution in [-0.2, 0) is 4.79 Å². The number of carbonyl (C=O) groups excluding carboxylic acids is 1. The van der Waals surface area contributed by atoms with Gasteiger partial charge in [-0.15, -0.1) is 0 Å². The summed E-state index contributed by atoms with van der Waals surface area (Å²) in [7, 11) is 0. The van der Waals surface area contributed by atoms with Gasteiger partial charge in [-0.3, -0.25) is 4.79 Å². The molecule has 0 aromatic heterocycles. The SMILES string of the molecule is C.CC.CC(=O)Oc1ccccc1. The molecule has 0 fully saturated rings. The molecule has 0 radical (unpaired) electrons. The van der Waals surface area contributed by atoms with E-state index in [9.17, 15) is 4.79 Å². The van der Waals surface area contributed by atoms with Gasteiger partial charge in [-0.05, 0) is 12.1 Å². The lowest BCUT2D eigenvalue weighted by Crippen LogP contribution is -2.00. The molecule has 0 aliphatic heterocycles. The molecule has 0 unspecified atom stereocenters. The van der Waals surface area contributed by atoms with Crippen LogP contribution in [0, 0.1) is 0 Å². The highest BCUT2D eigenvalue weighted by Gasteiger charge is 1.92. The summed E-state index contributed by atoms with van der Waals surface area (Å²) in [5.41, 5.74) is 0. The Morgan fingerprint density at radius 3 is 2.00 bits per heavy atom. The van der Waals surface area contributed by atoms with Crippen LogP contribution in [0.25, 0.3) is 0 Å². The van der Waals surface area contributed by atoms with E-state index in [1.807, 2.05) is 32.0 Å². The van der Waals surface area contributed by atoms with Crippen LogP contribution in [0.3, 0.4) is 0 Å². The third-order valence-electron chi connectivity index (χ3n) is 1.00. The monoisotopic (exact) mass is 182 g/mol. The Bertz CT molecular complexity index is 217. The van der Waals surface area contributed by atoms with Gasteiger partial charge in [-0.2, -0.15) is 0 Å². The first-order valence-electron chi connectivity index (χ1n) is 4.02. The molecule has 13 heavy (non-hydrogen) atoms. The minimum atomic E-state index is -0.286. The minimum Gasteiger partial charge on any atom is -0.427 e. The van der Waals surface area contributed by atoms with Crippen molar-refractivity contribution in [2.45, 2.75) is 28.2 Å². The Balaban J connectivity index is 0. The molecule has 2 nitrogen and oxygen atoms in total. The van der Waals surface area contributed by atoms with Crippen LogP contribution in [0.2, 0.25) is 0 Å². The summed E-state index contributed by atoms with van der Waals surface area (Å²) < 4.78 is 4.78. The third kappa shape index (κ3) is 7.06. The summed E-state index contributed by atoms with van der Waals surface area (Å²) in [4.78, 5) is 10.4. The van der Waals surface area contributed by atoms with Crippen LogP contribution in [0.5, 0.6) is 5.75 Å². The molecule has 1 aromatic rings. The second-order valence-electron chi connectivity index (χ2n) is 1.91. The summed E-state index contributed by atoms with van der Waals surface area (Å²) >= 11 is 0. The summed E-state index contributed by atoms with van der Waals surface area (Å²) in [5, 5.41) is 0. The summed E-state index contributed by atoms with van der Waals surface area (Å²) in [6.45, 7) is 5.38. The first-order chi connectivity index (χ1) is 5.79. The smallest absolute Gasteiger partial charge is 0.308 e. The number of rotatable bonds is 1. The molecule has 0 spiro atoms. The summed E-state index contributed by atoms with van der Waals surface area (Å²) in [6, 6.07) is 8.98. The second kappa shape index (κ2) is 8.78. The normalized spacial score (nSPS) is 7.31. The highest BCUT2D eigenvalue weighted by atomic mass is 16.5. The fourth-order valence-electron chi connectivity index (χ4n) is 0.655.